The molecule has 3 rings (SSSR count). The second kappa shape index (κ2) is 10.2. The summed E-state index contributed by atoms with van der Waals surface area (Å²) in [5.74, 6) is -0.666. The number of hydrogen-bond donors (Lipinski definition) is 1. The van der Waals surface area contributed by atoms with Gasteiger partial charge in [-0.2, -0.15) is 4.31 Å². The van der Waals surface area contributed by atoms with E-state index < -0.39 is 15.8 Å². The van der Waals surface area contributed by atoms with Crippen molar-refractivity contribution in [1.29, 1.82) is 0 Å². The smallest absolute Gasteiger partial charge is 0.243 e. The Morgan fingerprint density at radius 1 is 1.12 bits per heavy atom. The maximum atomic E-state index is 13.4. The zero-order valence-corrected chi connectivity index (χ0v) is 18.8. The monoisotopic (exact) mass is 463 g/mol. The zero-order chi connectivity index (χ0) is 23.3. The average molecular weight is 464 g/mol. The number of likely N-dealkylation sites (N-methyl/N-ethyl adjacent to an activating group) is 1. The molecule has 0 radical (unpaired) electrons. The van der Waals surface area contributed by atoms with Gasteiger partial charge < -0.3 is 10.2 Å². The standard InChI is InChI=1S/C21H26FN5O4S/c1-16-6-7-19(23-13-16)24-20(28)14-25(2)15-21(29)26-8-10-27(11-9-26)32(30,31)18-5-3-4-17(22)12-18/h3-7,12-13H,8-11,14-15H2,1-2H3,(H,23,24,28). The lowest BCUT2D eigenvalue weighted by molar-refractivity contribution is -0.133. The fourth-order valence-corrected chi connectivity index (χ4v) is 4.76. The molecule has 2 aromatic rings. The first-order valence-electron chi connectivity index (χ1n) is 10.1. The van der Waals surface area contributed by atoms with Gasteiger partial charge in [-0.3, -0.25) is 14.5 Å². The fourth-order valence-electron chi connectivity index (χ4n) is 3.31. The Kier molecular flexibility index (Phi) is 7.54. The number of nitrogens with zero attached hydrogens (tertiary/aromatic N) is 4. The Labute approximate surface area is 186 Å². The molecule has 0 atom stereocenters. The van der Waals surface area contributed by atoms with Crippen molar-refractivity contribution >= 4 is 27.7 Å². The maximum absolute atomic E-state index is 13.4. The van der Waals surface area contributed by atoms with Crippen molar-refractivity contribution in [3.8, 4) is 0 Å². The summed E-state index contributed by atoms with van der Waals surface area (Å²) >= 11 is 0. The van der Waals surface area contributed by atoms with Crippen LogP contribution >= 0.6 is 0 Å². The van der Waals surface area contributed by atoms with Crippen molar-refractivity contribution in [3.63, 3.8) is 0 Å². The number of aryl methyl sites for hydroxylation is 1. The Hall–Kier alpha value is -2.89. The normalized spacial score (nSPS) is 15.1. The molecule has 0 unspecified atom stereocenters. The summed E-state index contributed by atoms with van der Waals surface area (Å²) in [4.78, 5) is 31.9. The number of halogens is 1. The van der Waals surface area contributed by atoms with Crippen LogP contribution in [0.1, 0.15) is 5.56 Å². The van der Waals surface area contributed by atoms with Crippen molar-refractivity contribution in [3.05, 3.63) is 54.0 Å². The predicted molar refractivity (Wildman–Crippen MR) is 117 cm³/mol. The van der Waals surface area contributed by atoms with E-state index in [0.717, 1.165) is 11.6 Å². The molecule has 2 heterocycles. The number of nitrogens with one attached hydrogen (secondary N) is 1. The number of pyridine rings is 1. The van der Waals surface area contributed by atoms with E-state index in [1.165, 1.54) is 22.5 Å². The lowest BCUT2D eigenvalue weighted by Gasteiger charge is -2.34. The summed E-state index contributed by atoms with van der Waals surface area (Å²) in [5.41, 5.74) is 0.981. The highest BCUT2D eigenvalue weighted by Gasteiger charge is 2.30. The quantitative estimate of drug-likeness (QED) is 0.656. The molecule has 1 saturated heterocycles. The molecule has 1 aliphatic heterocycles. The van der Waals surface area contributed by atoms with Crippen LogP contribution in [0.15, 0.2) is 47.5 Å². The van der Waals surface area contributed by atoms with Crippen LogP contribution in [0, 0.1) is 12.7 Å². The number of benzene rings is 1. The fraction of sp³-hybridized carbons (Fsp3) is 0.381. The number of hydrogen-bond acceptors (Lipinski definition) is 6. The molecular formula is C21H26FN5O4S. The van der Waals surface area contributed by atoms with Crippen molar-refractivity contribution in [1.82, 2.24) is 19.1 Å². The van der Waals surface area contributed by atoms with Gasteiger partial charge in [0.15, 0.2) is 0 Å². The minimum absolute atomic E-state index is 0.00914. The summed E-state index contributed by atoms with van der Waals surface area (Å²) in [6.45, 7) is 2.61. The van der Waals surface area contributed by atoms with E-state index in [9.17, 15) is 22.4 Å². The molecule has 0 spiro atoms. The third-order valence-electron chi connectivity index (χ3n) is 5.02. The highest BCUT2D eigenvalue weighted by Crippen LogP contribution is 2.18. The van der Waals surface area contributed by atoms with E-state index in [0.29, 0.717) is 5.82 Å². The molecule has 1 aliphatic rings. The van der Waals surface area contributed by atoms with Crippen LogP contribution in [-0.4, -0.2) is 85.6 Å². The Bertz CT molecular complexity index is 1070. The molecule has 9 nitrogen and oxygen atoms in total. The van der Waals surface area contributed by atoms with E-state index in [1.54, 1.807) is 29.1 Å². The molecule has 1 fully saturated rings. The van der Waals surface area contributed by atoms with E-state index >= 15 is 0 Å². The summed E-state index contributed by atoms with van der Waals surface area (Å²) < 4.78 is 40.0. The first kappa shape index (κ1) is 23.8. The molecule has 32 heavy (non-hydrogen) atoms. The summed E-state index contributed by atoms with van der Waals surface area (Å²) in [5, 5.41) is 2.68. The average Bonchev–Trinajstić information content (AvgIpc) is 2.75. The molecule has 1 aromatic carbocycles. The van der Waals surface area contributed by atoms with E-state index in [4.69, 9.17) is 0 Å². The van der Waals surface area contributed by atoms with E-state index in [2.05, 4.69) is 10.3 Å². The van der Waals surface area contributed by atoms with E-state index in [1.807, 2.05) is 13.0 Å². The van der Waals surface area contributed by atoms with Gasteiger partial charge >= 0.3 is 0 Å². The Balaban J connectivity index is 1.47. The second-order valence-electron chi connectivity index (χ2n) is 7.68. The van der Waals surface area contributed by atoms with Crippen molar-refractivity contribution in [2.45, 2.75) is 11.8 Å². The van der Waals surface area contributed by atoms with Gasteiger partial charge in [-0.05, 0) is 43.8 Å². The van der Waals surface area contributed by atoms with Gasteiger partial charge in [-0.25, -0.2) is 17.8 Å². The zero-order valence-electron chi connectivity index (χ0n) is 18.0. The third-order valence-corrected chi connectivity index (χ3v) is 6.92. The van der Waals surface area contributed by atoms with Gasteiger partial charge in [0, 0.05) is 32.4 Å². The summed E-state index contributed by atoms with van der Waals surface area (Å²) in [6.07, 6.45) is 1.65. The molecule has 0 bridgehead atoms. The van der Waals surface area contributed by atoms with Crippen LogP contribution in [0.4, 0.5) is 10.2 Å². The highest BCUT2D eigenvalue weighted by molar-refractivity contribution is 7.89. The van der Waals surface area contributed by atoms with Gasteiger partial charge in [-0.1, -0.05) is 12.1 Å². The molecule has 1 N–H and O–H groups in total. The summed E-state index contributed by atoms with van der Waals surface area (Å²) in [6, 6.07) is 8.41. The predicted octanol–water partition coefficient (Wildman–Crippen LogP) is 0.933. The number of aromatic nitrogens is 1. The van der Waals surface area contributed by atoms with Gasteiger partial charge in [0.05, 0.1) is 18.0 Å². The van der Waals surface area contributed by atoms with Crippen LogP contribution in [0.5, 0.6) is 0 Å². The molecule has 1 aromatic heterocycles. The molecule has 172 valence electrons. The minimum Gasteiger partial charge on any atom is -0.339 e. The number of carbonyl (C=O) groups excluding carboxylic acids is 2. The number of rotatable bonds is 7. The van der Waals surface area contributed by atoms with E-state index in [-0.39, 0.29) is 56.0 Å². The summed E-state index contributed by atoms with van der Waals surface area (Å²) in [7, 11) is -2.16. The number of amides is 2. The topological polar surface area (TPSA) is 103 Å². The van der Waals surface area contributed by atoms with Crippen LogP contribution in [0.3, 0.4) is 0 Å². The van der Waals surface area contributed by atoms with Crippen LogP contribution in [0.25, 0.3) is 0 Å². The van der Waals surface area contributed by atoms with Gasteiger partial charge in [0.25, 0.3) is 0 Å². The largest absolute Gasteiger partial charge is 0.339 e. The van der Waals surface area contributed by atoms with Gasteiger partial charge in [0.1, 0.15) is 11.6 Å². The van der Waals surface area contributed by atoms with Crippen molar-refractivity contribution < 1.29 is 22.4 Å². The molecule has 0 saturated carbocycles. The number of carbonyl (C=O) groups is 2. The van der Waals surface area contributed by atoms with Crippen LogP contribution in [-0.2, 0) is 19.6 Å². The first-order valence-corrected chi connectivity index (χ1v) is 11.5. The van der Waals surface area contributed by atoms with Crippen molar-refractivity contribution in [2.75, 3.05) is 51.6 Å². The van der Waals surface area contributed by atoms with Crippen molar-refractivity contribution in [2.24, 2.45) is 0 Å². The number of anilines is 1. The number of piperazine rings is 1. The van der Waals surface area contributed by atoms with Gasteiger partial charge in [-0.15, -0.1) is 0 Å². The lowest BCUT2D eigenvalue weighted by Crippen LogP contribution is -2.52. The Morgan fingerprint density at radius 2 is 1.84 bits per heavy atom. The minimum atomic E-state index is -3.82. The van der Waals surface area contributed by atoms with Gasteiger partial charge in [0.2, 0.25) is 21.8 Å². The second-order valence-corrected chi connectivity index (χ2v) is 9.62. The maximum Gasteiger partial charge on any atom is 0.243 e. The Morgan fingerprint density at radius 3 is 2.47 bits per heavy atom. The molecule has 11 heteroatoms. The lowest BCUT2D eigenvalue weighted by atomic mass is 10.3. The molecule has 0 aliphatic carbocycles. The third kappa shape index (κ3) is 6.09. The number of sulfonamides is 1. The van der Waals surface area contributed by atoms with Crippen LogP contribution in [0.2, 0.25) is 0 Å². The highest BCUT2D eigenvalue weighted by atomic mass is 32.2. The SMILES string of the molecule is Cc1ccc(NC(=O)CN(C)CC(=O)N2CCN(S(=O)(=O)c3cccc(F)c3)CC2)nc1. The molecular weight excluding hydrogens is 437 g/mol. The van der Waals surface area contributed by atoms with Crippen LogP contribution < -0.4 is 5.32 Å². The first-order chi connectivity index (χ1) is 15.1. The molecule has 2 amide bonds.